The Morgan fingerprint density at radius 2 is 2.17 bits per heavy atom. The molecule has 23 heavy (non-hydrogen) atoms. The Balaban J connectivity index is 1.75. The normalized spacial score (nSPS) is 25.3. The number of hydrogen-bond acceptors (Lipinski definition) is 4. The van der Waals surface area contributed by atoms with Gasteiger partial charge < -0.3 is 20.1 Å². The smallest absolute Gasteiger partial charge is 0.303 e. The topological polar surface area (TPSA) is 87.0 Å². The second kappa shape index (κ2) is 8.31. The van der Waals surface area contributed by atoms with Crippen molar-refractivity contribution in [2.24, 2.45) is 11.8 Å². The number of aliphatic carboxylic acids is 1. The zero-order chi connectivity index (χ0) is 16.8. The summed E-state index contributed by atoms with van der Waals surface area (Å²) < 4.78 is 5.58. The summed E-state index contributed by atoms with van der Waals surface area (Å²) in [5, 5.41) is 28.9. The number of benzene rings is 1. The Labute approximate surface area is 136 Å². The number of carbonyl (C=O) groups is 1. The summed E-state index contributed by atoms with van der Waals surface area (Å²) in [6, 6.07) is 7.67. The average Bonchev–Trinajstić information content (AvgIpc) is 2.83. The fraction of sp³-hybridized carbons (Fsp3) is 0.611. The van der Waals surface area contributed by atoms with Gasteiger partial charge >= 0.3 is 5.97 Å². The van der Waals surface area contributed by atoms with E-state index in [1.54, 1.807) is 0 Å². The van der Waals surface area contributed by atoms with Crippen LogP contribution < -0.4 is 4.74 Å². The number of carboxylic acids is 1. The Morgan fingerprint density at radius 1 is 1.39 bits per heavy atom. The summed E-state index contributed by atoms with van der Waals surface area (Å²) in [5.41, 5.74) is 1.11. The Kier molecular flexibility index (Phi) is 6.42. The lowest BCUT2D eigenvalue weighted by Crippen LogP contribution is -2.24. The van der Waals surface area contributed by atoms with E-state index in [2.05, 4.69) is 0 Å². The van der Waals surface area contributed by atoms with Crippen LogP contribution in [0.3, 0.4) is 0 Å². The van der Waals surface area contributed by atoms with Crippen LogP contribution in [0.1, 0.15) is 37.7 Å². The first-order valence-corrected chi connectivity index (χ1v) is 8.23. The highest BCUT2D eigenvalue weighted by Crippen LogP contribution is 2.37. The third-order valence-electron chi connectivity index (χ3n) is 4.65. The van der Waals surface area contributed by atoms with Crippen molar-refractivity contribution in [2.75, 3.05) is 6.61 Å². The third kappa shape index (κ3) is 5.52. The first-order valence-electron chi connectivity index (χ1n) is 8.23. The lowest BCUT2D eigenvalue weighted by molar-refractivity contribution is -0.139. The van der Waals surface area contributed by atoms with Gasteiger partial charge in [-0.1, -0.05) is 12.1 Å². The minimum absolute atomic E-state index is 0.00171. The van der Waals surface area contributed by atoms with Crippen molar-refractivity contribution in [2.45, 2.75) is 51.2 Å². The van der Waals surface area contributed by atoms with Crippen LogP contribution in [0.25, 0.3) is 0 Å². The predicted molar refractivity (Wildman–Crippen MR) is 86.4 cm³/mol. The fourth-order valence-electron chi connectivity index (χ4n) is 3.38. The molecule has 5 heteroatoms. The van der Waals surface area contributed by atoms with Crippen molar-refractivity contribution in [3.8, 4) is 5.75 Å². The number of carboxylic acid groups (broad SMARTS) is 1. The molecule has 1 fully saturated rings. The standard InChI is InChI=1S/C18H26O5/c1-12-3-2-4-15(9-12)23-11-14(19)7-5-13-6-8-17(20)16(13)10-18(21)22/h2-4,9,13-14,16-17,19-20H,5-8,10-11H2,1H3,(H,21,22). The highest BCUT2D eigenvalue weighted by molar-refractivity contribution is 5.67. The van der Waals surface area contributed by atoms with Crippen molar-refractivity contribution in [1.82, 2.24) is 0 Å². The van der Waals surface area contributed by atoms with E-state index in [1.165, 1.54) is 0 Å². The second-order valence-corrected chi connectivity index (χ2v) is 6.53. The number of ether oxygens (including phenoxy) is 1. The molecule has 0 heterocycles. The lowest BCUT2D eigenvalue weighted by Gasteiger charge is -2.21. The zero-order valence-corrected chi connectivity index (χ0v) is 13.5. The Bertz CT molecular complexity index is 516. The van der Waals surface area contributed by atoms with Crippen LogP contribution >= 0.6 is 0 Å². The van der Waals surface area contributed by atoms with E-state index in [9.17, 15) is 15.0 Å². The van der Waals surface area contributed by atoms with Crippen LogP contribution in [0.2, 0.25) is 0 Å². The van der Waals surface area contributed by atoms with Gasteiger partial charge in [0.15, 0.2) is 0 Å². The molecule has 4 atom stereocenters. The van der Waals surface area contributed by atoms with Crippen molar-refractivity contribution in [3.05, 3.63) is 29.8 Å². The van der Waals surface area contributed by atoms with Gasteiger partial charge in [-0.2, -0.15) is 0 Å². The molecule has 3 N–H and O–H groups in total. The van der Waals surface area contributed by atoms with Crippen LogP contribution in [-0.4, -0.2) is 40.1 Å². The van der Waals surface area contributed by atoms with Gasteiger partial charge in [-0.25, -0.2) is 0 Å². The minimum Gasteiger partial charge on any atom is -0.491 e. The molecule has 0 amide bonds. The highest BCUT2D eigenvalue weighted by Gasteiger charge is 2.36. The Hall–Kier alpha value is -1.59. The predicted octanol–water partition coefficient (Wildman–Crippen LogP) is 2.38. The Morgan fingerprint density at radius 3 is 2.87 bits per heavy atom. The molecule has 0 saturated heterocycles. The van der Waals surface area contributed by atoms with Crippen molar-refractivity contribution >= 4 is 5.97 Å². The summed E-state index contributed by atoms with van der Waals surface area (Å²) in [7, 11) is 0. The van der Waals surface area contributed by atoms with Crippen LogP contribution in [0.15, 0.2) is 24.3 Å². The molecule has 0 aliphatic heterocycles. The SMILES string of the molecule is Cc1cccc(OCC(O)CCC2CCC(O)C2CC(=O)O)c1. The average molecular weight is 322 g/mol. The molecular weight excluding hydrogens is 296 g/mol. The molecule has 0 bridgehead atoms. The molecule has 1 saturated carbocycles. The number of aliphatic hydroxyl groups excluding tert-OH is 2. The fourth-order valence-corrected chi connectivity index (χ4v) is 3.38. The lowest BCUT2D eigenvalue weighted by atomic mass is 9.87. The molecule has 128 valence electrons. The van der Waals surface area contributed by atoms with Gasteiger partial charge in [0.2, 0.25) is 0 Å². The summed E-state index contributed by atoms with van der Waals surface area (Å²) in [6.45, 7) is 2.21. The molecule has 2 rings (SSSR count). The molecule has 0 aromatic heterocycles. The number of aryl methyl sites for hydroxylation is 1. The minimum atomic E-state index is -0.871. The van der Waals surface area contributed by atoms with Gasteiger partial charge in [-0.3, -0.25) is 4.79 Å². The highest BCUT2D eigenvalue weighted by atomic mass is 16.5. The van der Waals surface area contributed by atoms with E-state index >= 15 is 0 Å². The maximum atomic E-state index is 10.9. The maximum Gasteiger partial charge on any atom is 0.303 e. The van der Waals surface area contributed by atoms with Crippen LogP contribution in [0, 0.1) is 18.8 Å². The largest absolute Gasteiger partial charge is 0.491 e. The van der Waals surface area contributed by atoms with E-state index in [-0.39, 0.29) is 24.9 Å². The van der Waals surface area contributed by atoms with Gasteiger partial charge in [0.1, 0.15) is 12.4 Å². The summed E-state index contributed by atoms with van der Waals surface area (Å²) in [6.07, 6.45) is 1.63. The van der Waals surface area contributed by atoms with Crippen molar-refractivity contribution in [1.29, 1.82) is 0 Å². The molecule has 1 aliphatic rings. The van der Waals surface area contributed by atoms with Gasteiger partial charge in [-0.05, 0) is 62.1 Å². The van der Waals surface area contributed by atoms with Gasteiger partial charge in [-0.15, -0.1) is 0 Å². The molecule has 5 nitrogen and oxygen atoms in total. The summed E-state index contributed by atoms with van der Waals surface area (Å²) >= 11 is 0. The van der Waals surface area contributed by atoms with E-state index in [1.807, 2.05) is 31.2 Å². The molecule has 1 aromatic rings. The zero-order valence-electron chi connectivity index (χ0n) is 13.5. The van der Waals surface area contributed by atoms with Crippen LogP contribution in [0.5, 0.6) is 5.75 Å². The molecule has 4 unspecified atom stereocenters. The number of aliphatic hydroxyl groups is 2. The first-order chi connectivity index (χ1) is 11.0. The van der Waals surface area contributed by atoms with E-state index < -0.39 is 18.2 Å². The van der Waals surface area contributed by atoms with Gasteiger partial charge in [0.05, 0.1) is 18.6 Å². The molecule has 0 spiro atoms. The van der Waals surface area contributed by atoms with Crippen LogP contribution in [0.4, 0.5) is 0 Å². The van der Waals surface area contributed by atoms with Crippen molar-refractivity contribution in [3.63, 3.8) is 0 Å². The van der Waals surface area contributed by atoms with E-state index in [0.29, 0.717) is 19.3 Å². The molecule has 1 aromatic carbocycles. The molecule has 0 radical (unpaired) electrons. The molecule has 1 aliphatic carbocycles. The van der Waals surface area contributed by atoms with Crippen molar-refractivity contribution < 1.29 is 24.9 Å². The van der Waals surface area contributed by atoms with E-state index in [4.69, 9.17) is 9.84 Å². The number of rotatable bonds is 8. The van der Waals surface area contributed by atoms with E-state index in [0.717, 1.165) is 17.7 Å². The third-order valence-corrected chi connectivity index (χ3v) is 4.65. The van der Waals surface area contributed by atoms with Gasteiger partial charge in [0.25, 0.3) is 0 Å². The quantitative estimate of drug-likeness (QED) is 0.684. The summed E-state index contributed by atoms with van der Waals surface area (Å²) in [4.78, 5) is 10.9. The monoisotopic (exact) mass is 322 g/mol. The second-order valence-electron chi connectivity index (χ2n) is 6.53. The van der Waals surface area contributed by atoms with Gasteiger partial charge in [0, 0.05) is 0 Å². The number of hydrogen-bond donors (Lipinski definition) is 3. The van der Waals surface area contributed by atoms with Crippen LogP contribution in [-0.2, 0) is 4.79 Å². The molecular formula is C18H26O5. The first kappa shape index (κ1) is 17.8. The summed E-state index contributed by atoms with van der Waals surface area (Å²) in [5.74, 6) is -0.166. The maximum absolute atomic E-state index is 10.9.